The van der Waals surface area contributed by atoms with Gasteiger partial charge in [-0.1, -0.05) is 38.3 Å². The van der Waals surface area contributed by atoms with Gasteiger partial charge in [0.1, 0.15) is 5.75 Å². The number of hydrogen-bond donors (Lipinski definition) is 2. The molecule has 4 atom stereocenters. The lowest BCUT2D eigenvalue weighted by molar-refractivity contribution is -0.139. The summed E-state index contributed by atoms with van der Waals surface area (Å²) >= 11 is 0. The number of rotatable bonds is 10. The Morgan fingerprint density at radius 3 is 2.85 bits per heavy atom. The molecule has 0 radical (unpaired) electrons. The summed E-state index contributed by atoms with van der Waals surface area (Å²) in [7, 11) is 0. The third-order valence-corrected chi connectivity index (χ3v) is 6.63. The lowest BCUT2D eigenvalue weighted by Gasteiger charge is -2.32. The van der Waals surface area contributed by atoms with E-state index in [0.717, 1.165) is 44.3 Å². The van der Waals surface area contributed by atoms with Crippen LogP contribution in [0.3, 0.4) is 0 Å². The smallest absolute Gasteiger partial charge is 0.341 e. The van der Waals surface area contributed by atoms with Gasteiger partial charge in [0.25, 0.3) is 0 Å². The van der Waals surface area contributed by atoms with Crippen LogP contribution in [0.1, 0.15) is 69.4 Å². The van der Waals surface area contributed by atoms with Crippen molar-refractivity contribution in [3.63, 3.8) is 0 Å². The van der Waals surface area contributed by atoms with Crippen LogP contribution in [-0.4, -0.2) is 28.9 Å². The number of aliphatic hydroxyl groups is 1. The van der Waals surface area contributed by atoms with Gasteiger partial charge in [0.15, 0.2) is 6.61 Å². The molecular weight excluding hydrogens is 340 g/mol. The second-order valence-corrected chi connectivity index (χ2v) is 8.47. The predicted molar refractivity (Wildman–Crippen MR) is 106 cm³/mol. The molecule has 1 aromatic carbocycles. The highest BCUT2D eigenvalue weighted by molar-refractivity contribution is 5.68. The lowest BCUT2D eigenvalue weighted by atomic mass is 9.73. The molecule has 1 saturated carbocycles. The average molecular weight is 375 g/mol. The first-order valence-electron chi connectivity index (χ1n) is 10.7. The summed E-state index contributed by atoms with van der Waals surface area (Å²) in [5.41, 5.74) is 2.55. The van der Waals surface area contributed by atoms with Gasteiger partial charge in [-0.15, -0.1) is 0 Å². The van der Waals surface area contributed by atoms with Crippen LogP contribution in [0, 0.1) is 17.8 Å². The monoisotopic (exact) mass is 374 g/mol. The Labute approximate surface area is 162 Å². The number of aliphatic carboxylic acids is 1. The minimum absolute atomic E-state index is 0.137. The summed E-state index contributed by atoms with van der Waals surface area (Å²) in [6.07, 6.45) is 11.0. The van der Waals surface area contributed by atoms with E-state index in [-0.39, 0.29) is 12.7 Å². The second kappa shape index (κ2) is 9.59. The largest absolute Gasteiger partial charge is 0.482 e. The topological polar surface area (TPSA) is 66.8 Å². The molecule has 1 unspecified atom stereocenters. The summed E-state index contributed by atoms with van der Waals surface area (Å²) in [5, 5.41) is 19.2. The van der Waals surface area contributed by atoms with Crippen molar-refractivity contribution >= 4 is 5.97 Å². The van der Waals surface area contributed by atoms with Gasteiger partial charge >= 0.3 is 5.97 Å². The van der Waals surface area contributed by atoms with Crippen LogP contribution in [0.25, 0.3) is 0 Å². The fraction of sp³-hybridized carbons (Fsp3) is 0.696. The molecule has 0 bridgehead atoms. The van der Waals surface area contributed by atoms with Crippen molar-refractivity contribution in [1.82, 2.24) is 0 Å². The SMILES string of the molecule is CCCCC[C@H](O)CC[C@H]1CCC2Cc3c(cccc3OCC(=O)O)C[C@@H]21. The van der Waals surface area contributed by atoms with Gasteiger partial charge in [-0.05, 0) is 79.9 Å². The van der Waals surface area contributed by atoms with Crippen LogP contribution < -0.4 is 4.74 Å². The molecule has 4 heteroatoms. The highest BCUT2D eigenvalue weighted by atomic mass is 16.5. The average Bonchev–Trinajstić information content (AvgIpc) is 3.05. The molecule has 0 heterocycles. The van der Waals surface area contributed by atoms with Crippen molar-refractivity contribution in [3.8, 4) is 5.75 Å². The summed E-state index contributed by atoms with van der Waals surface area (Å²) in [5.74, 6) is 1.92. The number of unbranched alkanes of at least 4 members (excludes halogenated alkanes) is 2. The first kappa shape index (κ1) is 20.2. The van der Waals surface area contributed by atoms with Gasteiger partial charge < -0.3 is 14.9 Å². The number of fused-ring (bicyclic) bond motifs is 2. The van der Waals surface area contributed by atoms with Crippen molar-refractivity contribution in [2.75, 3.05) is 6.61 Å². The molecule has 2 aliphatic carbocycles. The van der Waals surface area contributed by atoms with Gasteiger partial charge in [0.05, 0.1) is 6.10 Å². The zero-order valence-electron chi connectivity index (χ0n) is 16.5. The number of carbonyl (C=O) groups is 1. The van der Waals surface area contributed by atoms with Crippen molar-refractivity contribution in [2.45, 2.75) is 77.2 Å². The molecule has 2 N–H and O–H groups in total. The number of aliphatic hydroxyl groups excluding tert-OH is 1. The molecule has 0 spiro atoms. The van der Waals surface area contributed by atoms with E-state index in [4.69, 9.17) is 9.84 Å². The Kier molecular flexibility index (Phi) is 7.17. The van der Waals surface area contributed by atoms with Gasteiger partial charge in [0.2, 0.25) is 0 Å². The first-order chi connectivity index (χ1) is 13.1. The molecule has 0 aromatic heterocycles. The lowest BCUT2D eigenvalue weighted by Crippen LogP contribution is -2.26. The fourth-order valence-corrected chi connectivity index (χ4v) is 5.19. The summed E-state index contributed by atoms with van der Waals surface area (Å²) in [6, 6.07) is 6.06. The van der Waals surface area contributed by atoms with E-state index < -0.39 is 5.97 Å². The van der Waals surface area contributed by atoms with Crippen LogP contribution in [0.5, 0.6) is 5.75 Å². The van der Waals surface area contributed by atoms with Gasteiger partial charge in [-0.2, -0.15) is 0 Å². The number of hydrogen-bond acceptors (Lipinski definition) is 3. The van der Waals surface area contributed by atoms with Crippen LogP contribution in [0.4, 0.5) is 0 Å². The Balaban J connectivity index is 1.57. The van der Waals surface area contributed by atoms with E-state index in [1.54, 1.807) is 0 Å². The molecular formula is C23H34O4. The molecule has 27 heavy (non-hydrogen) atoms. The minimum atomic E-state index is -0.931. The molecule has 0 amide bonds. The summed E-state index contributed by atoms with van der Waals surface area (Å²) in [4.78, 5) is 10.8. The van der Waals surface area contributed by atoms with E-state index in [1.165, 1.54) is 36.8 Å². The van der Waals surface area contributed by atoms with Crippen LogP contribution in [0.15, 0.2) is 18.2 Å². The molecule has 1 fully saturated rings. The van der Waals surface area contributed by atoms with Gasteiger partial charge in [0, 0.05) is 0 Å². The Bertz CT molecular complexity index is 627. The quantitative estimate of drug-likeness (QED) is 0.587. The number of ether oxygens (including phenoxy) is 1. The molecule has 4 nitrogen and oxygen atoms in total. The zero-order chi connectivity index (χ0) is 19.2. The summed E-state index contributed by atoms with van der Waals surface area (Å²) in [6.45, 7) is 1.92. The normalized spacial score (nSPS) is 24.9. The van der Waals surface area contributed by atoms with E-state index in [9.17, 15) is 9.90 Å². The van der Waals surface area contributed by atoms with Crippen LogP contribution >= 0.6 is 0 Å². The van der Waals surface area contributed by atoms with Crippen LogP contribution in [-0.2, 0) is 17.6 Å². The minimum Gasteiger partial charge on any atom is -0.482 e. The van der Waals surface area contributed by atoms with Gasteiger partial charge in [-0.3, -0.25) is 0 Å². The maximum Gasteiger partial charge on any atom is 0.341 e. The Morgan fingerprint density at radius 1 is 1.22 bits per heavy atom. The third kappa shape index (κ3) is 5.25. The first-order valence-corrected chi connectivity index (χ1v) is 10.7. The number of carboxylic acids is 1. The van der Waals surface area contributed by atoms with E-state index >= 15 is 0 Å². The predicted octanol–water partition coefficient (Wildman–Crippen LogP) is 4.61. The van der Waals surface area contributed by atoms with Crippen LogP contribution in [0.2, 0.25) is 0 Å². The molecule has 0 saturated heterocycles. The van der Waals surface area contributed by atoms with E-state index in [0.29, 0.717) is 17.8 Å². The Hall–Kier alpha value is -1.55. The third-order valence-electron chi connectivity index (χ3n) is 6.63. The van der Waals surface area contributed by atoms with Crippen molar-refractivity contribution in [2.24, 2.45) is 17.8 Å². The Morgan fingerprint density at radius 2 is 2.07 bits per heavy atom. The highest BCUT2D eigenvalue weighted by Crippen LogP contribution is 2.48. The molecule has 150 valence electrons. The highest BCUT2D eigenvalue weighted by Gasteiger charge is 2.39. The summed E-state index contributed by atoms with van der Waals surface area (Å²) < 4.78 is 5.53. The fourth-order valence-electron chi connectivity index (χ4n) is 5.19. The van der Waals surface area contributed by atoms with E-state index in [1.807, 2.05) is 12.1 Å². The second-order valence-electron chi connectivity index (χ2n) is 8.47. The standard InChI is InChI=1S/C23H34O4/c1-2-3-4-7-19(24)12-11-16-9-10-18-14-21-17(13-20(16)18)6-5-8-22(21)27-15-23(25)26/h5-6,8,16,18-20,24H,2-4,7,9-15H2,1H3,(H,25,26)/t16-,18?,19+,20-/m1/s1. The number of carboxylic acid groups (broad SMARTS) is 1. The zero-order valence-corrected chi connectivity index (χ0v) is 16.5. The van der Waals surface area contributed by atoms with Gasteiger partial charge in [-0.25, -0.2) is 4.79 Å². The molecule has 3 rings (SSSR count). The van der Waals surface area contributed by atoms with Crippen molar-refractivity contribution in [1.29, 1.82) is 0 Å². The molecule has 0 aliphatic heterocycles. The molecule has 1 aromatic rings. The maximum absolute atomic E-state index is 10.8. The maximum atomic E-state index is 10.8. The van der Waals surface area contributed by atoms with Crippen molar-refractivity contribution < 1.29 is 19.7 Å². The van der Waals surface area contributed by atoms with E-state index in [2.05, 4.69) is 13.0 Å². The van der Waals surface area contributed by atoms with Crippen molar-refractivity contribution in [3.05, 3.63) is 29.3 Å². The number of benzene rings is 1. The molecule has 2 aliphatic rings.